The van der Waals surface area contributed by atoms with Gasteiger partial charge in [0, 0.05) is 11.1 Å². The van der Waals surface area contributed by atoms with Crippen molar-refractivity contribution in [1.29, 1.82) is 0 Å². The van der Waals surface area contributed by atoms with Gasteiger partial charge >= 0.3 is 0 Å². The third kappa shape index (κ3) is 4.09. The van der Waals surface area contributed by atoms with Gasteiger partial charge in [0.15, 0.2) is 22.8 Å². The molecule has 35 heavy (non-hydrogen) atoms. The molecule has 2 aliphatic rings. The average molecular weight is 468 g/mol. The Kier molecular flexibility index (Phi) is 5.35. The van der Waals surface area contributed by atoms with Gasteiger partial charge in [-0.15, -0.1) is 0 Å². The summed E-state index contributed by atoms with van der Waals surface area (Å²) in [5.41, 5.74) is 3.55. The summed E-state index contributed by atoms with van der Waals surface area (Å²) >= 11 is 0. The molecule has 0 bridgehead atoms. The number of hydrogen-bond acceptors (Lipinski definition) is 6. The normalized spacial score (nSPS) is 16.1. The van der Waals surface area contributed by atoms with E-state index in [4.69, 9.17) is 23.6 Å². The van der Waals surface area contributed by atoms with Crippen LogP contribution in [0, 0.1) is 11.8 Å². The van der Waals surface area contributed by atoms with Crippen molar-refractivity contribution in [2.75, 3.05) is 13.9 Å². The van der Waals surface area contributed by atoms with Gasteiger partial charge in [0.1, 0.15) is 16.9 Å². The monoisotopic (exact) mass is 467 g/mol. The van der Waals surface area contributed by atoms with Gasteiger partial charge in [-0.2, -0.15) is 0 Å². The molecular weight excluding hydrogens is 442 g/mol. The lowest BCUT2D eigenvalue weighted by atomic mass is 9.85. The van der Waals surface area contributed by atoms with Crippen LogP contribution in [-0.2, 0) is 0 Å². The average Bonchev–Trinajstić information content (AvgIpc) is 3.51. The fourth-order valence-electron chi connectivity index (χ4n) is 4.70. The standard InChI is InChI=1S/C29H25NO5/c1-32-21-8-5-19(6-9-21)28-22(13-16-29(31)14-3-2-4-15-29)27-25(35-28)12-10-23(30-27)20-7-11-24-26(17-20)34-18-33-24/h5-12,17,31H,2-4,14-15,18H2,1H3. The molecule has 1 saturated carbocycles. The molecule has 1 fully saturated rings. The smallest absolute Gasteiger partial charge is 0.231 e. The van der Waals surface area contributed by atoms with Crippen LogP contribution in [-0.4, -0.2) is 29.6 Å². The van der Waals surface area contributed by atoms with Gasteiger partial charge in [-0.05, 0) is 80.3 Å². The molecule has 2 aromatic carbocycles. The van der Waals surface area contributed by atoms with Crippen molar-refractivity contribution < 1.29 is 23.7 Å². The van der Waals surface area contributed by atoms with E-state index in [1.165, 1.54) is 0 Å². The van der Waals surface area contributed by atoms with Gasteiger partial charge in [-0.25, -0.2) is 4.98 Å². The summed E-state index contributed by atoms with van der Waals surface area (Å²) in [7, 11) is 1.64. The minimum Gasteiger partial charge on any atom is -0.497 e. The third-order valence-corrected chi connectivity index (χ3v) is 6.66. The predicted octanol–water partition coefficient (Wildman–Crippen LogP) is 5.95. The van der Waals surface area contributed by atoms with Crippen molar-refractivity contribution in [1.82, 2.24) is 4.98 Å². The molecule has 1 N–H and O–H groups in total. The first-order valence-electron chi connectivity index (χ1n) is 11.9. The summed E-state index contributed by atoms with van der Waals surface area (Å²) in [4.78, 5) is 4.94. The summed E-state index contributed by atoms with van der Waals surface area (Å²) in [5, 5.41) is 11.0. The highest BCUT2D eigenvalue weighted by molar-refractivity contribution is 5.90. The lowest BCUT2D eigenvalue weighted by molar-refractivity contribution is 0.0610. The Labute approximate surface area is 203 Å². The number of nitrogens with zero attached hydrogens (tertiary/aromatic N) is 1. The third-order valence-electron chi connectivity index (χ3n) is 6.66. The van der Waals surface area contributed by atoms with Crippen LogP contribution in [0.4, 0.5) is 0 Å². The minimum absolute atomic E-state index is 0.223. The molecule has 176 valence electrons. The van der Waals surface area contributed by atoms with Crippen LogP contribution in [0.2, 0.25) is 0 Å². The maximum atomic E-state index is 11.0. The van der Waals surface area contributed by atoms with E-state index in [1.54, 1.807) is 7.11 Å². The van der Waals surface area contributed by atoms with Gasteiger partial charge in [-0.3, -0.25) is 0 Å². The fraction of sp³-hybridized carbons (Fsp3) is 0.276. The number of methoxy groups -OCH3 is 1. The van der Waals surface area contributed by atoms with Gasteiger partial charge < -0.3 is 23.7 Å². The molecule has 6 rings (SSSR count). The van der Waals surface area contributed by atoms with Crippen molar-refractivity contribution in [3.05, 3.63) is 60.2 Å². The largest absolute Gasteiger partial charge is 0.497 e. The number of pyridine rings is 1. The van der Waals surface area contributed by atoms with Crippen LogP contribution in [0.5, 0.6) is 17.2 Å². The van der Waals surface area contributed by atoms with Crippen LogP contribution < -0.4 is 14.2 Å². The number of fused-ring (bicyclic) bond motifs is 2. The SMILES string of the molecule is COc1ccc(-c2oc3ccc(-c4ccc5c(c4)OCO5)nc3c2C#CC2(O)CCCCC2)cc1. The first-order valence-corrected chi connectivity index (χ1v) is 11.9. The Morgan fingerprint density at radius 3 is 2.49 bits per heavy atom. The topological polar surface area (TPSA) is 74.0 Å². The first kappa shape index (κ1) is 21.6. The first-order chi connectivity index (χ1) is 17.1. The zero-order chi connectivity index (χ0) is 23.8. The number of furan rings is 1. The van der Waals surface area contributed by atoms with Gasteiger partial charge in [-0.1, -0.05) is 18.3 Å². The summed E-state index contributed by atoms with van der Waals surface area (Å²) < 4.78 is 22.6. The molecule has 0 spiro atoms. The molecule has 1 aliphatic carbocycles. The van der Waals surface area contributed by atoms with E-state index in [1.807, 2.05) is 54.6 Å². The van der Waals surface area contributed by atoms with Crippen LogP contribution in [0.3, 0.4) is 0 Å². The maximum Gasteiger partial charge on any atom is 0.231 e. The molecule has 0 amide bonds. The van der Waals surface area contributed by atoms with E-state index >= 15 is 0 Å². The molecular formula is C29H25NO5. The fourth-order valence-corrected chi connectivity index (χ4v) is 4.70. The molecule has 2 aromatic heterocycles. The molecule has 0 unspecified atom stereocenters. The quantitative estimate of drug-likeness (QED) is 0.376. The molecule has 1 aliphatic heterocycles. The number of rotatable bonds is 3. The van der Waals surface area contributed by atoms with E-state index in [2.05, 4.69) is 11.8 Å². The van der Waals surface area contributed by atoms with E-state index < -0.39 is 5.60 Å². The molecule has 0 atom stereocenters. The number of aromatic nitrogens is 1. The lowest BCUT2D eigenvalue weighted by Crippen LogP contribution is -2.29. The Balaban J connectivity index is 1.49. The van der Waals surface area contributed by atoms with Crippen molar-refractivity contribution in [2.24, 2.45) is 0 Å². The second-order valence-electron chi connectivity index (χ2n) is 8.99. The van der Waals surface area contributed by atoms with Crippen LogP contribution in [0.1, 0.15) is 37.7 Å². The molecule has 3 heterocycles. The summed E-state index contributed by atoms with van der Waals surface area (Å²) in [6.45, 7) is 0.223. The summed E-state index contributed by atoms with van der Waals surface area (Å²) in [5.74, 6) is 9.25. The van der Waals surface area contributed by atoms with E-state index in [-0.39, 0.29) is 6.79 Å². The van der Waals surface area contributed by atoms with Gasteiger partial charge in [0.2, 0.25) is 6.79 Å². The van der Waals surface area contributed by atoms with Crippen LogP contribution in [0.15, 0.2) is 59.0 Å². The second-order valence-corrected chi connectivity index (χ2v) is 8.99. The lowest BCUT2D eigenvalue weighted by Gasteiger charge is -2.26. The zero-order valence-corrected chi connectivity index (χ0v) is 19.5. The molecule has 6 nitrogen and oxygen atoms in total. The second kappa shape index (κ2) is 8.68. The number of hydrogen-bond donors (Lipinski definition) is 1. The van der Waals surface area contributed by atoms with Gasteiger partial charge in [0.05, 0.1) is 18.4 Å². The maximum absolute atomic E-state index is 11.0. The zero-order valence-electron chi connectivity index (χ0n) is 19.5. The number of ether oxygens (including phenoxy) is 3. The van der Waals surface area contributed by atoms with E-state index in [0.29, 0.717) is 41.0 Å². The van der Waals surface area contributed by atoms with E-state index in [9.17, 15) is 5.11 Å². The van der Waals surface area contributed by atoms with Gasteiger partial charge in [0.25, 0.3) is 0 Å². The Bertz CT molecular complexity index is 1450. The number of benzene rings is 2. The van der Waals surface area contributed by atoms with Crippen molar-refractivity contribution in [3.8, 4) is 51.7 Å². The van der Waals surface area contributed by atoms with E-state index in [0.717, 1.165) is 47.6 Å². The molecule has 6 heteroatoms. The molecule has 0 saturated heterocycles. The Morgan fingerprint density at radius 2 is 1.69 bits per heavy atom. The van der Waals surface area contributed by atoms with Crippen molar-refractivity contribution >= 4 is 11.1 Å². The van der Waals surface area contributed by atoms with Crippen molar-refractivity contribution in [3.63, 3.8) is 0 Å². The minimum atomic E-state index is -0.978. The molecule has 4 aromatic rings. The van der Waals surface area contributed by atoms with Crippen molar-refractivity contribution in [2.45, 2.75) is 37.7 Å². The predicted molar refractivity (Wildman–Crippen MR) is 132 cm³/mol. The van der Waals surface area contributed by atoms with Crippen LogP contribution in [0.25, 0.3) is 33.7 Å². The summed E-state index contributed by atoms with van der Waals surface area (Å²) in [6.07, 6.45) is 4.47. The Morgan fingerprint density at radius 1 is 0.914 bits per heavy atom. The summed E-state index contributed by atoms with van der Waals surface area (Å²) in [6, 6.07) is 17.3. The Hall–Kier alpha value is -3.95. The highest BCUT2D eigenvalue weighted by Crippen LogP contribution is 2.38. The highest BCUT2D eigenvalue weighted by atomic mass is 16.7. The highest BCUT2D eigenvalue weighted by Gasteiger charge is 2.27. The molecule has 0 radical (unpaired) electrons. The number of aliphatic hydroxyl groups is 1. The van der Waals surface area contributed by atoms with Crippen LogP contribution >= 0.6 is 0 Å².